The third kappa shape index (κ3) is 2.66. The number of hydrogen-bond acceptors (Lipinski definition) is 2. The van der Waals surface area contributed by atoms with Crippen LogP contribution in [-0.4, -0.2) is 18.6 Å². The first-order chi connectivity index (χ1) is 9.11. The van der Waals surface area contributed by atoms with E-state index < -0.39 is 47.8 Å². The van der Waals surface area contributed by atoms with Crippen molar-refractivity contribution in [1.29, 1.82) is 0 Å². The molecule has 1 amide bonds. The minimum atomic E-state index is -5.02. The summed E-state index contributed by atoms with van der Waals surface area (Å²) in [6.07, 6.45) is -6.20. The zero-order valence-electron chi connectivity index (χ0n) is 9.60. The van der Waals surface area contributed by atoms with Crippen LogP contribution in [0, 0.1) is 5.82 Å². The number of ether oxygens (including phenoxy) is 1. The highest BCUT2D eigenvalue weighted by Gasteiger charge is 2.47. The highest BCUT2D eigenvalue weighted by Crippen LogP contribution is 2.38. The number of carbonyl (C=O) groups excluding carboxylic acids is 1. The fraction of sp³-hybridized carbons (Fsp3) is 0.364. The summed E-state index contributed by atoms with van der Waals surface area (Å²) in [6, 6.07) is -0.574. The van der Waals surface area contributed by atoms with E-state index in [-0.39, 0.29) is 6.07 Å². The maximum atomic E-state index is 13.5. The van der Waals surface area contributed by atoms with Gasteiger partial charge >= 0.3 is 18.2 Å². The smallest absolute Gasteiger partial charge is 0.419 e. The Bertz CT molecular complexity index is 542. The summed E-state index contributed by atoms with van der Waals surface area (Å²) < 4.78 is 81.8. The Kier molecular flexibility index (Phi) is 3.31. The lowest BCUT2D eigenvalue weighted by atomic mass is 9.97. The number of benzene rings is 1. The lowest BCUT2D eigenvalue weighted by molar-refractivity contribution is -0.140. The minimum Gasteiger partial charge on any atom is -0.443 e. The van der Waals surface area contributed by atoms with Crippen LogP contribution in [0.2, 0.25) is 0 Å². The molecule has 1 saturated heterocycles. The molecule has 0 aromatic heterocycles. The van der Waals surface area contributed by atoms with Crippen molar-refractivity contribution in [1.82, 2.24) is 5.32 Å². The van der Waals surface area contributed by atoms with Crippen molar-refractivity contribution in [3.8, 4) is 0 Å². The van der Waals surface area contributed by atoms with Gasteiger partial charge in [-0.2, -0.15) is 13.2 Å². The number of alkyl carbamates (subject to hydrolysis) is 1. The average molecular weight is 299 g/mol. The van der Waals surface area contributed by atoms with Crippen molar-refractivity contribution in [2.45, 2.75) is 18.1 Å². The number of carbonyl (C=O) groups is 1. The van der Waals surface area contributed by atoms with Crippen molar-refractivity contribution in [3.63, 3.8) is 0 Å². The van der Waals surface area contributed by atoms with Gasteiger partial charge in [0.2, 0.25) is 0 Å². The van der Waals surface area contributed by atoms with Gasteiger partial charge in [-0.05, 0) is 17.7 Å². The Hall–Kier alpha value is -1.93. The molecule has 0 bridgehead atoms. The zero-order valence-corrected chi connectivity index (χ0v) is 9.60. The number of amides is 1. The van der Waals surface area contributed by atoms with E-state index in [1.54, 1.807) is 5.32 Å². The third-order valence-electron chi connectivity index (χ3n) is 2.71. The van der Waals surface area contributed by atoms with E-state index in [9.17, 15) is 31.1 Å². The van der Waals surface area contributed by atoms with E-state index in [0.717, 1.165) is 6.07 Å². The molecule has 1 heterocycles. The fourth-order valence-electron chi connectivity index (χ4n) is 1.78. The molecular formula is C11H7F6NO2. The van der Waals surface area contributed by atoms with Crippen molar-refractivity contribution in [2.75, 3.05) is 6.61 Å². The molecule has 0 aliphatic carbocycles. The van der Waals surface area contributed by atoms with Crippen LogP contribution >= 0.6 is 0 Å². The summed E-state index contributed by atoms with van der Waals surface area (Å²) in [6.45, 7) is -1.26. The van der Waals surface area contributed by atoms with Crippen molar-refractivity contribution < 1.29 is 35.9 Å². The van der Waals surface area contributed by atoms with Crippen molar-refractivity contribution in [2.24, 2.45) is 0 Å². The SMILES string of the molecule is O=C1N[C@H](c2ccc(F)c(C(F)(F)F)c2)C(F)(F)CO1. The number of hydrogen-bond donors (Lipinski definition) is 1. The Morgan fingerprint density at radius 1 is 1.30 bits per heavy atom. The molecule has 9 heteroatoms. The second kappa shape index (κ2) is 4.57. The standard InChI is InChI=1S/C11H7F6NO2/c12-7-2-1-5(3-6(7)11(15,16)17)8-10(13,14)4-20-9(19)18-8/h1-3,8H,4H2,(H,18,19)/t8-/m1/s1. The highest BCUT2D eigenvalue weighted by atomic mass is 19.4. The quantitative estimate of drug-likeness (QED) is 0.808. The van der Waals surface area contributed by atoms with Gasteiger partial charge in [-0.3, -0.25) is 0 Å². The van der Waals surface area contributed by atoms with E-state index in [1.807, 2.05) is 0 Å². The molecule has 1 fully saturated rings. The Labute approximate surface area is 108 Å². The first-order valence-electron chi connectivity index (χ1n) is 5.29. The summed E-state index contributed by atoms with van der Waals surface area (Å²) in [5.41, 5.74) is -2.23. The Balaban J connectivity index is 2.44. The normalized spacial score (nSPS) is 22.1. The van der Waals surface area contributed by atoms with Gasteiger partial charge in [-0.25, -0.2) is 18.0 Å². The minimum absolute atomic E-state index is 0.250. The molecule has 20 heavy (non-hydrogen) atoms. The second-order valence-corrected chi connectivity index (χ2v) is 4.15. The predicted octanol–water partition coefficient (Wildman–Crippen LogP) is 3.26. The highest BCUT2D eigenvalue weighted by molar-refractivity contribution is 5.69. The molecule has 0 saturated carbocycles. The maximum Gasteiger partial charge on any atom is 0.419 e. The van der Waals surface area contributed by atoms with Crippen LogP contribution in [0.3, 0.4) is 0 Å². The van der Waals surface area contributed by atoms with Gasteiger partial charge in [-0.15, -0.1) is 0 Å². The zero-order chi connectivity index (χ0) is 15.1. The van der Waals surface area contributed by atoms with Crippen LogP contribution in [0.15, 0.2) is 18.2 Å². The number of rotatable bonds is 1. The van der Waals surface area contributed by atoms with E-state index in [4.69, 9.17) is 0 Å². The average Bonchev–Trinajstić information content (AvgIpc) is 2.32. The van der Waals surface area contributed by atoms with Gasteiger partial charge in [0, 0.05) is 0 Å². The number of cyclic esters (lactones) is 1. The van der Waals surface area contributed by atoms with E-state index in [1.165, 1.54) is 0 Å². The molecule has 0 radical (unpaired) electrons. The summed E-state index contributed by atoms with van der Waals surface area (Å²) in [5.74, 6) is -5.18. The molecule has 1 N–H and O–H groups in total. The van der Waals surface area contributed by atoms with Crippen LogP contribution < -0.4 is 5.32 Å². The molecular weight excluding hydrogens is 292 g/mol. The topological polar surface area (TPSA) is 38.3 Å². The Morgan fingerprint density at radius 2 is 1.95 bits per heavy atom. The molecule has 1 aromatic rings. The van der Waals surface area contributed by atoms with Crippen molar-refractivity contribution in [3.05, 3.63) is 35.1 Å². The number of halogens is 6. The molecule has 1 aromatic carbocycles. The lowest BCUT2D eigenvalue weighted by Gasteiger charge is -2.32. The molecule has 0 spiro atoms. The van der Waals surface area contributed by atoms with Crippen LogP contribution in [0.5, 0.6) is 0 Å². The van der Waals surface area contributed by atoms with Gasteiger partial charge in [0.15, 0.2) is 6.61 Å². The monoisotopic (exact) mass is 299 g/mol. The third-order valence-corrected chi connectivity index (χ3v) is 2.71. The van der Waals surface area contributed by atoms with Gasteiger partial charge in [-0.1, -0.05) is 6.07 Å². The van der Waals surface area contributed by atoms with E-state index in [2.05, 4.69) is 4.74 Å². The summed E-state index contributed by atoms with van der Waals surface area (Å²) in [4.78, 5) is 10.9. The van der Waals surface area contributed by atoms with Crippen LogP contribution in [0.1, 0.15) is 17.2 Å². The molecule has 1 aliphatic heterocycles. The molecule has 1 aliphatic rings. The molecule has 110 valence electrons. The van der Waals surface area contributed by atoms with Gasteiger partial charge < -0.3 is 10.1 Å². The largest absolute Gasteiger partial charge is 0.443 e. The van der Waals surface area contributed by atoms with E-state index >= 15 is 0 Å². The van der Waals surface area contributed by atoms with Crippen LogP contribution in [0.4, 0.5) is 31.1 Å². The van der Waals surface area contributed by atoms with Crippen LogP contribution in [-0.2, 0) is 10.9 Å². The van der Waals surface area contributed by atoms with Gasteiger partial charge in [0.25, 0.3) is 0 Å². The van der Waals surface area contributed by atoms with Crippen LogP contribution in [0.25, 0.3) is 0 Å². The molecule has 3 nitrogen and oxygen atoms in total. The van der Waals surface area contributed by atoms with Gasteiger partial charge in [0.05, 0.1) is 5.56 Å². The predicted molar refractivity (Wildman–Crippen MR) is 53.6 cm³/mol. The van der Waals surface area contributed by atoms with Crippen molar-refractivity contribution >= 4 is 6.09 Å². The molecule has 1 atom stereocenters. The first-order valence-corrected chi connectivity index (χ1v) is 5.29. The first kappa shape index (κ1) is 14.5. The summed E-state index contributed by atoms with van der Waals surface area (Å²) >= 11 is 0. The molecule has 2 rings (SSSR count). The lowest BCUT2D eigenvalue weighted by Crippen LogP contribution is -2.49. The summed E-state index contributed by atoms with van der Waals surface area (Å²) in [5, 5.41) is 1.72. The second-order valence-electron chi connectivity index (χ2n) is 4.15. The summed E-state index contributed by atoms with van der Waals surface area (Å²) in [7, 11) is 0. The maximum absolute atomic E-state index is 13.5. The fourth-order valence-corrected chi connectivity index (χ4v) is 1.78. The Morgan fingerprint density at radius 3 is 2.55 bits per heavy atom. The molecule has 0 unspecified atom stereocenters. The van der Waals surface area contributed by atoms with E-state index in [0.29, 0.717) is 6.07 Å². The number of nitrogens with one attached hydrogen (secondary N) is 1. The van der Waals surface area contributed by atoms with Gasteiger partial charge in [0.1, 0.15) is 11.9 Å². The number of alkyl halides is 5.